The highest BCUT2D eigenvalue weighted by atomic mass is 16.5. The van der Waals surface area contributed by atoms with E-state index in [-0.39, 0.29) is 23.5 Å². The molecule has 2 aliphatic rings. The molecule has 2 fully saturated rings. The van der Waals surface area contributed by atoms with E-state index in [9.17, 15) is 4.79 Å². The van der Waals surface area contributed by atoms with Crippen LogP contribution in [-0.4, -0.2) is 50.8 Å². The standard InChI is InChI=1S/C18H25N5O3/c1-4-25-15-7-14(26-22-15)18(24)23-8-12(11-5-6-11)13(9-23)17-19-16(10(2)3)20-21-17/h7,10-13H,4-6,8-9H2,1-3H3,(H,19,20,21)/t12-,13+/m1/s1. The van der Waals surface area contributed by atoms with Gasteiger partial charge in [0.1, 0.15) is 5.82 Å². The molecule has 0 spiro atoms. The summed E-state index contributed by atoms with van der Waals surface area (Å²) in [5.74, 6) is 3.72. The molecule has 0 bridgehead atoms. The smallest absolute Gasteiger partial charge is 0.292 e. The average Bonchev–Trinajstić information content (AvgIpc) is 3.06. The summed E-state index contributed by atoms with van der Waals surface area (Å²) in [4.78, 5) is 19.4. The van der Waals surface area contributed by atoms with E-state index in [2.05, 4.69) is 34.2 Å². The van der Waals surface area contributed by atoms with Crippen LogP contribution in [0, 0.1) is 11.8 Å². The molecule has 4 rings (SSSR count). The van der Waals surface area contributed by atoms with Crippen LogP contribution in [0.3, 0.4) is 0 Å². The summed E-state index contributed by atoms with van der Waals surface area (Å²) < 4.78 is 10.5. The van der Waals surface area contributed by atoms with Crippen LogP contribution in [0.25, 0.3) is 0 Å². The Kier molecular flexibility index (Phi) is 4.42. The summed E-state index contributed by atoms with van der Waals surface area (Å²) in [6.45, 7) is 7.85. The van der Waals surface area contributed by atoms with Gasteiger partial charge < -0.3 is 14.2 Å². The van der Waals surface area contributed by atoms with Crippen LogP contribution in [0.5, 0.6) is 5.88 Å². The minimum absolute atomic E-state index is 0.139. The first kappa shape index (κ1) is 17.1. The van der Waals surface area contributed by atoms with Crippen molar-refractivity contribution in [2.24, 2.45) is 11.8 Å². The first-order valence-corrected chi connectivity index (χ1v) is 9.37. The van der Waals surface area contributed by atoms with Gasteiger partial charge in [-0.1, -0.05) is 13.8 Å². The Hall–Kier alpha value is -2.38. The van der Waals surface area contributed by atoms with Crippen LogP contribution >= 0.6 is 0 Å². The number of nitrogens with zero attached hydrogens (tertiary/aromatic N) is 4. The van der Waals surface area contributed by atoms with Gasteiger partial charge in [-0.3, -0.25) is 9.89 Å². The fourth-order valence-electron chi connectivity index (χ4n) is 3.73. The maximum absolute atomic E-state index is 12.8. The second-order valence-corrected chi connectivity index (χ2v) is 7.51. The monoisotopic (exact) mass is 359 g/mol. The average molecular weight is 359 g/mol. The summed E-state index contributed by atoms with van der Waals surface area (Å²) >= 11 is 0. The minimum atomic E-state index is -0.139. The molecule has 140 valence electrons. The van der Waals surface area contributed by atoms with Crippen LogP contribution in [0.1, 0.15) is 67.7 Å². The molecule has 0 radical (unpaired) electrons. The third kappa shape index (κ3) is 3.20. The fourth-order valence-corrected chi connectivity index (χ4v) is 3.73. The quantitative estimate of drug-likeness (QED) is 0.851. The maximum atomic E-state index is 12.8. The van der Waals surface area contributed by atoms with Gasteiger partial charge in [-0.05, 0) is 36.8 Å². The highest BCUT2D eigenvalue weighted by Crippen LogP contribution is 2.47. The summed E-state index contributed by atoms with van der Waals surface area (Å²) in [6, 6.07) is 1.57. The number of nitrogens with one attached hydrogen (secondary N) is 1. The lowest BCUT2D eigenvalue weighted by molar-refractivity contribution is 0.0742. The highest BCUT2D eigenvalue weighted by Gasteiger charge is 2.46. The van der Waals surface area contributed by atoms with Gasteiger partial charge in [-0.15, -0.1) is 0 Å². The summed E-state index contributed by atoms with van der Waals surface area (Å²) in [5, 5.41) is 11.2. The molecule has 8 heteroatoms. The molecule has 2 aromatic heterocycles. The summed E-state index contributed by atoms with van der Waals surface area (Å²) in [5.41, 5.74) is 0. The van der Waals surface area contributed by atoms with Crippen molar-refractivity contribution in [2.75, 3.05) is 19.7 Å². The number of amides is 1. The van der Waals surface area contributed by atoms with Crippen LogP contribution in [0.4, 0.5) is 0 Å². The second-order valence-electron chi connectivity index (χ2n) is 7.51. The number of aromatic nitrogens is 4. The molecule has 26 heavy (non-hydrogen) atoms. The molecule has 1 aliphatic carbocycles. The summed E-state index contributed by atoms with van der Waals surface area (Å²) in [6.07, 6.45) is 2.45. The zero-order valence-corrected chi connectivity index (χ0v) is 15.4. The SMILES string of the molecule is CCOc1cc(C(=O)N2C[C@H](c3nc(C(C)C)n[nH]3)[C@@H](C3CC3)C2)on1. The number of hydrogen-bond donors (Lipinski definition) is 1. The molecule has 1 aliphatic heterocycles. The van der Waals surface area contributed by atoms with Crippen molar-refractivity contribution >= 4 is 5.91 Å². The highest BCUT2D eigenvalue weighted by molar-refractivity contribution is 5.92. The van der Waals surface area contributed by atoms with Crippen molar-refractivity contribution in [3.05, 3.63) is 23.5 Å². The maximum Gasteiger partial charge on any atom is 0.292 e. The van der Waals surface area contributed by atoms with Crippen molar-refractivity contribution < 1.29 is 14.1 Å². The van der Waals surface area contributed by atoms with Crippen molar-refractivity contribution in [3.63, 3.8) is 0 Å². The zero-order chi connectivity index (χ0) is 18.3. The molecule has 0 aromatic carbocycles. The lowest BCUT2D eigenvalue weighted by Crippen LogP contribution is -2.28. The van der Waals surface area contributed by atoms with Gasteiger partial charge in [-0.2, -0.15) is 5.10 Å². The summed E-state index contributed by atoms with van der Waals surface area (Å²) in [7, 11) is 0. The number of rotatable bonds is 6. The van der Waals surface area contributed by atoms with Gasteiger partial charge >= 0.3 is 0 Å². The fraction of sp³-hybridized carbons (Fsp3) is 0.667. The molecule has 2 aromatic rings. The van der Waals surface area contributed by atoms with Gasteiger partial charge in [0.2, 0.25) is 5.76 Å². The molecule has 0 unspecified atom stereocenters. The van der Waals surface area contributed by atoms with Crippen molar-refractivity contribution in [3.8, 4) is 5.88 Å². The predicted octanol–water partition coefficient (Wildman–Crippen LogP) is 2.58. The normalized spacial score (nSPS) is 23.0. The lowest BCUT2D eigenvalue weighted by atomic mass is 9.91. The van der Waals surface area contributed by atoms with Crippen molar-refractivity contribution in [1.29, 1.82) is 0 Å². The van der Waals surface area contributed by atoms with Crippen LogP contribution in [0.2, 0.25) is 0 Å². The Labute approximate surface area is 152 Å². The molecular weight excluding hydrogens is 334 g/mol. The number of carbonyl (C=O) groups is 1. The number of likely N-dealkylation sites (tertiary alicyclic amines) is 1. The van der Waals surface area contributed by atoms with E-state index < -0.39 is 0 Å². The number of ether oxygens (including phenoxy) is 1. The number of carbonyl (C=O) groups excluding carboxylic acids is 1. The second kappa shape index (κ2) is 6.74. The van der Waals surface area contributed by atoms with Gasteiger partial charge in [0, 0.05) is 24.9 Å². The molecule has 8 nitrogen and oxygen atoms in total. The van der Waals surface area contributed by atoms with Crippen molar-refractivity contribution in [2.45, 2.75) is 45.4 Å². The molecule has 1 saturated heterocycles. The van der Waals surface area contributed by atoms with E-state index in [4.69, 9.17) is 9.26 Å². The first-order chi connectivity index (χ1) is 12.6. The Morgan fingerprint density at radius 1 is 1.42 bits per heavy atom. The molecular formula is C18H25N5O3. The van der Waals surface area contributed by atoms with E-state index >= 15 is 0 Å². The largest absolute Gasteiger partial charge is 0.476 e. The predicted molar refractivity (Wildman–Crippen MR) is 93.0 cm³/mol. The molecule has 1 amide bonds. The first-order valence-electron chi connectivity index (χ1n) is 9.37. The van der Waals surface area contributed by atoms with E-state index in [1.54, 1.807) is 6.07 Å². The van der Waals surface area contributed by atoms with E-state index in [0.717, 1.165) is 18.2 Å². The number of hydrogen-bond acceptors (Lipinski definition) is 6. The minimum Gasteiger partial charge on any atom is -0.476 e. The molecule has 1 saturated carbocycles. The van der Waals surface area contributed by atoms with Gasteiger partial charge in [0.25, 0.3) is 11.8 Å². The third-order valence-electron chi connectivity index (χ3n) is 5.26. The molecule has 3 heterocycles. The number of H-pyrrole nitrogens is 1. The molecule has 1 N–H and O–H groups in total. The van der Waals surface area contributed by atoms with Gasteiger partial charge in [0.05, 0.1) is 12.7 Å². The number of aromatic amines is 1. The molecule has 2 atom stereocenters. The Morgan fingerprint density at radius 2 is 2.23 bits per heavy atom. The van der Waals surface area contributed by atoms with Crippen LogP contribution in [-0.2, 0) is 0 Å². The van der Waals surface area contributed by atoms with E-state index in [1.165, 1.54) is 12.8 Å². The topological polar surface area (TPSA) is 97.1 Å². The Bertz CT molecular complexity index is 779. The Balaban J connectivity index is 1.52. The lowest BCUT2D eigenvalue weighted by Gasteiger charge is -2.14. The van der Waals surface area contributed by atoms with Crippen LogP contribution < -0.4 is 4.74 Å². The zero-order valence-electron chi connectivity index (χ0n) is 15.4. The van der Waals surface area contributed by atoms with Crippen molar-refractivity contribution in [1.82, 2.24) is 25.2 Å². The van der Waals surface area contributed by atoms with Gasteiger partial charge in [-0.25, -0.2) is 4.98 Å². The van der Waals surface area contributed by atoms with Gasteiger partial charge in [0.15, 0.2) is 5.82 Å². The van der Waals surface area contributed by atoms with Crippen LogP contribution in [0.15, 0.2) is 10.6 Å². The third-order valence-corrected chi connectivity index (χ3v) is 5.26. The van der Waals surface area contributed by atoms with E-state index in [0.29, 0.717) is 30.9 Å². The Morgan fingerprint density at radius 3 is 2.88 bits per heavy atom. The van der Waals surface area contributed by atoms with E-state index in [1.807, 2.05) is 11.8 Å².